The van der Waals surface area contributed by atoms with Gasteiger partial charge in [0.15, 0.2) is 5.82 Å². The van der Waals surface area contributed by atoms with Gasteiger partial charge >= 0.3 is 0 Å². The highest BCUT2D eigenvalue weighted by molar-refractivity contribution is 14.1. The highest BCUT2D eigenvalue weighted by atomic mass is 127. The summed E-state index contributed by atoms with van der Waals surface area (Å²) in [5.41, 5.74) is 2.11. The summed E-state index contributed by atoms with van der Waals surface area (Å²) in [6.45, 7) is 7.34. The minimum atomic E-state index is 0.568. The Morgan fingerprint density at radius 2 is 1.90 bits per heavy atom. The number of anilines is 1. The summed E-state index contributed by atoms with van der Waals surface area (Å²) in [6.07, 6.45) is 4.49. The van der Waals surface area contributed by atoms with E-state index in [1.807, 2.05) is 12.1 Å². The van der Waals surface area contributed by atoms with Crippen molar-refractivity contribution in [2.75, 3.05) is 11.9 Å². The average molecular weight is 382 g/mol. The van der Waals surface area contributed by atoms with Crippen molar-refractivity contribution in [1.82, 2.24) is 15.0 Å². The van der Waals surface area contributed by atoms with Crippen molar-refractivity contribution in [2.24, 2.45) is 5.92 Å². The maximum Gasteiger partial charge on any atom is 0.161 e. The molecule has 0 bridgehead atoms. The number of hydrogen-bond donors (Lipinski definition) is 1. The lowest BCUT2D eigenvalue weighted by atomic mass is 10.1. The number of aromatic nitrogens is 3. The summed E-state index contributed by atoms with van der Waals surface area (Å²) in [6, 6.07) is 3.88. The van der Waals surface area contributed by atoms with E-state index < -0.39 is 0 Å². The van der Waals surface area contributed by atoms with Crippen LogP contribution in [0.15, 0.2) is 24.5 Å². The number of halogens is 1. The van der Waals surface area contributed by atoms with Gasteiger partial charge in [0.05, 0.1) is 9.26 Å². The molecule has 0 saturated heterocycles. The first-order chi connectivity index (χ1) is 9.61. The van der Waals surface area contributed by atoms with Crippen molar-refractivity contribution in [1.29, 1.82) is 0 Å². The summed E-state index contributed by atoms with van der Waals surface area (Å²) < 4.78 is 1.12. The lowest BCUT2D eigenvalue weighted by Gasteiger charge is -2.13. The van der Waals surface area contributed by atoms with Gasteiger partial charge in [-0.25, -0.2) is 9.97 Å². The minimum Gasteiger partial charge on any atom is -0.369 e. The third-order valence-corrected chi connectivity index (χ3v) is 3.94. The average Bonchev–Trinajstić information content (AvgIpc) is 2.44. The molecule has 0 aliphatic rings. The zero-order valence-electron chi connectivity index (χ0n) is 12.0. The molecule has 0 saturated carbocycles. The summed E-state index contributed by atoms with van der Waals surface area (Å²) in [5, 5.41) is 3.33. The van der Waals surface area contributed by atoms with E-state index in [4.69, 9.17) is 4.98 Å². The van der Waals surface area contributed by atoms with E-state index in [-0.39, 0.29) is 0 Å². The standard InChI is InChI=1S/C15H19IN4/c1-4-18-15-13(16)12(9-10(2)3)19-14(20-15)11-5-7-17-8-6-11/h5-8,10H,4,9H2,1-3H3,(H,18,19,20). The highest BCUT2D eigenvalue weighted by Gasteiger charge is 2.14. The van der Waals surface area contributed by atoms with Crippen molar-refractivity contribution in [3.63, 3.8) is 0 Å². The van der Waals surface area contributed by atoms with Crippen LogP contribution in [-0.2, 0) is 6.42 Å². The summed E-state index contributed by atoms with van der Waals surface area (Å²) in [7, 11) is 0. The normalized spacial score (nSPS) is 10.8. The van der Waals surface area contributed by atoms with Gasteiger partial charge in [-0.05, 0) is 54.0 Å². The van der Waals surface area contributed by atoms with Crippen LogP contribution in [0.2, 0.25) is 0 Å². The molecule has 2 aromatic heterocycles. The Kier molecular flexibility index (Phi) is 5.28. The van der Waals surface area contributed by atoms with E-state index in [1.165, 1.54) is 0 Å². The predicted octanol–water partition coefficient (Wildman–Crippen LogP) is 3.77. The SMILES string of the molecule is CCNc1nc(-c2ccncc2)nc(CC(C)C)c1I. The fourth-order valence-corrected chi connectivity index (χ4v) is 2.58. The van der Waals surface area contributed by atoms with Crippen molar-refractivity contribution in [2.45, 2.75) is 27.2 Å². The number of nitrogens with zero attached hydrogens (tertiary/aromatic N) is 3. The first-order valence-electron chi connectivity index (χ1n) is 6.82. The van der Waals surface area contributed by atoms with E-state index in [0.29, 0.717) is 5.92 Å². The summed E-state index contributed by atoms with van der Waals surface area (Å²) in [4.78, 5) is 13.4. The molecule has 106 valence electrons. The molecule has 20 heavy (non-hydrogen) atoms. The maximum atomic E-state index is 4.74. The molecule has 5 heteroatoms. The molecule has 0 radical (unpaired) electrons. The van der Waals surface area contributed by atoms with E-state index in [2.05, 4.69) is 58.6 Å². The van der Waals surface area contributed by atoms with E-state index in [1.54, 1.807) is 12.4 Å². The Morgan fingerprint density at radius 3 is 2.50 bits per heavy atom. The molecule has 0 atom stereocenters. The molecule has 0 aliphatic carbocycles. The Hall–Kier alpha value is -1.24. The third kappa shape index (κ3) is 3.65. The monoisotopic (exact) mass is 382 g/mol. The van der Waals surface area contributed by atoms with Crippen molar-refractivity contribution in [3.05, 3.63) is 33.8 Å². The molecule has 2 rings (SSSR count). The first-order valence-corrected chi connectivity index (χ1v) is 7.90. The van der Waals surface area contributed by atoms with Gasteiger partial charge in [0.25, 0.3) is 0 Å². The van der Waals surface area contributed by atoms with Crippen LogP contribution in [0.1, 0.15) is 26.5 Å². The fraction of sp³-hybridized carbons (Fsp3) is 0.400. The summed E-state index contributed by atoms with van der Waals surface area (Å²) >= 11 is 2.33. The Bertz CT molecular complexity index is 570. The Morgan fingerprint density at radius 1 is 1.20 bits per heavy atom. The van der Waals surface area contributed by atoms with Gasteiger partial charge in [-0.1, -0.05) is 13.8 Å². The molecular formula is C15H19IN4. The second-order valence-electron chi connectivity index (χ2n) is 5.02. The smallest absolute Gasteiger partial charge is 0.161 e. The second kappa shape index (κ2) is 6.97. The van der Waals surface area contributed by atoms with Crippen molar-refractivity contribution in [3.8, 4) is 11.4 Å². The molecule has 0 aromatic carbocycles. The van der Waals surface area contributed by atoms with Gasteiger partial charge in [-0.2, -0.15) is 0 Å². The quantitative estimate of drug-likeness (QED) is 0.800. The number of nitrogens with one attached hydrogen (secondary N) is 1. The van der Waals surface area contributed by atoms with E-state index in [0.717, 1.165) is 39.4 Å². The molecule has 0 spiro atoms. The topological polar surface area (TPSA) is 50.7 Å². The van der Waals surface area contributed by atoms with Crippen LogP contribution in [0, 0.1) is 9.49 Å². The van der Waals surface area contributed by atoms with Crippen LogP contribution >= 0.6 is 22.6 Å². The molecule has 0 unspecified atom stereocenters. The van der Waals surface area contributed by atoms with Crippen LogP contribution < -0.4 is 5.32 Å². The van der Waals surface area contributed by atoms with E-state index >= 15 is 0 Å². The highest BCUT2D eigenvalue weighted by Crippen LogP contribution is 2.25. The Labute approximate surface area is 133 Å². The van der Waals surface area contributed by atoms with Gasteiger partial charge in [0, 0.05) is 24.5 Å². The second-order valence-corrected chi connectivity index (χ2v) is 6.10. The number of pyridine rings is 1. The predicted molar refractivity (Wildman–Crippen MR) is 90.7 cm³/mol. The van der Waals surface area contributed by atoms with Crippen LogP contribution in [0.3, 0.4) is 0 Å². The molecule has 1 N–H and O–H groups in total. The van der Waals surface area contributed by atoms with Crippen molar-refractivity contribution >= 4 is 28.4 Å². The lowest BCUT2D eigenvalue weighted by molar-refractivity contribution is 0.632. The zero-order chi connectivity index (χ0) is 14.5. The van der Waals surface area contributed by atoms with Crippen LogP contribution in [0.4, 0.5) is 5.82 Å². The van der Waals surface area contributed by atoms with Crippen LogP contribution in [-0.4, -0.2) is 21.5 Å². The molecule has 0 aliphatic heterocycles. The zero-order valence-corrected chi connectivity index (χ0v) is 14.2. The molecule has 2 aromatic rings. The minimum absolute atomic E-state index is 0.568. The van der Waals surface area contributed by atoms with Gasteiger partial charge in [-0.3, -0.25) is 4.98 Å². The van der Waals surface area contributed by atoms with Gasteiger partial charge < -0.3 is 5.32 Å². The number of hydrogen-bond acceptors (Lipinski definition) is 4. The fourth-order valence-electron chi connectivity index (χ4n) is 1.93. The van der Waals surface area contributed by atoms with Crippen molar-refractivity contribution < 1.29 is 0 Å². The number of rotatable bonds is 5. The van der Waals surface area contributed by atoms with Crippen LogP contribution in [0.5, 0.6) is 0 Å². The Balaban J connectivity index is 2.49. The van der Waals surface area contributed by atoms with Gasteiger partial charge in [-0.15, -0.1) is 0 Å². The maximum absolute atomic E-state index is 4.74. The molecule has 0 fully saturated rings. The van der Waals surface area contributed by atoms with Gasteiger partial charge in [0.1, 0.15) is 5.82 Å². The summed E-state index contributed by atoms with van der Waals surface area (Å²) in [5.74, 6) is 2.25. The molecule has 0 amide bonds. The molecular weight excluding hydrogens is 363 g/mol. The molecule has 2 heterocycles. The first kappa shape index (κ1) is 15.2. The molecule has 4 nitrogen and oxygen atoms in total. The largest absolute Gasteiger partial charge is 0.369 e. The lowest BCUT2D eigenvalue weighted by Crippen LogP contribution is -2.09. The van der Waals surface area contributed by atoms with Gasteiger partial charge in [0.2, 0.25) is 0 Å². The van der Waals surface area contributed by atoms with E-state index in [9.17, 15) is 0 Å². The third-order valence-electron chi connectivity index (χ3n) is 2.80. The van der Waals surface area contributed by atoms with Crippen LogP contribution in [0.25, 0.3) is 11.4 Å².